The molecule has 0 aromatic heterocycles. The van der Waals surface area contributed by atoms with Gasteiger partial charge in [0.05, 0.1) is 0 Å². The molecule has 0 radical (unpaired) electrons. The van der Waals surface area contributed by atoms with Crippen molar-refractivity contribution in [1.29, 1.82) is 0 Å². The fraction of sp³-hybridized carbons (Fsp3) is 0.123. The van der Waals surface area contributed by atoms with Crippen LogP contribution in [0.4, 0.5) is 0 Å². The Hall–Kier alpha value is -6.82. The number of alkyl halides is 1. The molecule has 0 amide bonds. The molecule has 0 saturated heterocycles. The number of hydrogen-bond donors (Lipinski definition) is 0. The zero-order valence-corrected chi connectivity index (χ0v) is 36.6. The van der Waals surface area contributed by atoms with Crippen LogP contribution in [0.5, 0.6) is 23.0 Å². The van der Waals surface area contributed by atoms with E-state index in [-0.39, 0.29) is 0 Å². The van der Waals surface area contributed by atoms with Gasteiger partial charge < -0.3 is 18.9 Å². The number of benzene rings is 7. The molecule has 62 heavy (non-hydrogen) atoms. The third-order valence-electron chi connectivity index (χ3n) is 10.4. The summed E-state index contributed by atoms with van der Waals surface area (Å²) in [6, 6.07) is 52.2. The average Bonchev–Trinajstić information content (AvgIpc) is 3.31. The van der Waals surface area contributed by atoms with Crippen molar-refractivity contribution in [1.82, 2.24) is 0 Å². The highest BCUT2D eigenvalue weighted by molar-refractivity contribution is 9.08. The van der Waals surface area contributed by atoms with E-state index in [0.717, 1.165) is 84.0 Å². The molecular formula is C57H51BrO4. The predicted octanol–water partition coefficient (Wildman–Crippen LogP) is 14.7. The minimum Gasteiger partial charge on any atom is -0.489 e. The summed E-state index contributed by atoms with van der Waals surface area (Å²) in [5.74, 6) is 3.01. The van der Waals surface area contributed by atoms with Gasteiger partial charge in [-0.25, -0.2) is 0 Å². The van der Waals surface area contributed by atoms with Crippen LogP contribution in [0.15, 0.2) is 178 Å². The van der Waals surface area contributed by atoms with Crippen molar-refractivity contribution in [3.05, 3.63) is 250 Å². The Morgan fingerprint density at radius 1 is 0.306 bits per heavy atom. The van der Waals surface area contributed by atoms with Crippen molar-refractivity contribution in [3.8, 4) is 23.0 Å². The first kappa shape index (κ1) is 43.3. The molecule has 0 aliphatic rings. The van der Waals surface area contributed by atoms with Crippen LogP contribution in [0, 0.1) is 0 Å². The van der Waals surface area contributed by atoms with Crippen molar-refractivity contribution >= 4 is 40.2 Å². The van der Waals surface area contributed by atoms with Gasteiger partial charge in [0.2, 0.25) is 0 Å². The van der Waals surface area contributed by atoms with Crippen LogP contribution in [0.1, 0.15) is 72.3 Å². The molecular weight excluding hydrogens is 829 g/mol. The van der Waals surface area contributed by atoms with Gasteiger partial charge >= 0.3 is 0 Å². The Bertz CT molecular complexity index is 2280. The Morgan fingerprint density at radius 2 is 0.548 bits per heavy atom. The predicted molar refractivity (Wildman–Crippen MR) is 261 cm³/mol. The Balaban J connectivity index is 1.13. The molecule has 0 saturated carbocycles. The summed E-state index contributed by atoms with van der Waals surface area (Å²) in [6.45, 7) is 17.2. The molecule has 0 heterocycles. The van der Waals surface area contributed by atoms with Gasteiger partial charge in [0.25, 0.3) is 0 Å². The standard InChI is InChI=1S/C57H51BrO4/c1-5-41-9-17-45(18-10-41)37-59-54-30-51(31-55(34-54)60-38-46-19-11-42(6-2)12-20-46)26-49-25-50(29-53(28-49)36-58)27-52-32-56(61-39-47-21-13-43(7-3)14-22-47)35-57(33-52)62-40-48-23-15-44(8-4)16-24-48/h5-25,28-35H,1-4,26-27,36-40H2. The van der Waals surface area contributed by atoms with Crippen molar-refractivity contribution in [3.63, 3.8) is 0 Å². The van der Waals surface area contributed by atoms with E-state index in [1.165, 1.54) is 16.7 Å². The lowest BCUT2D eigenvalue weighted by molar-refractivity contribution is 0.289. The largest absolute Gasteiger partial charge is 0.489 e. The summed E-state index contributed by atoms with van der Waals surface area (Å²) in [4.78, 5) is 0. The number of halogens is 1. The Labute approximate surface area is 375 Å². The van der Waals surface area contributed by atoms with Gasteiger partial charge in [-0.1, -0.05) is 182 Å². The molecule has 5 heteroatoms. The van der Waals surface area contributed by atoms with Crippen molar-refractivity contribution < 1.29 is 18.9 Å². The van der Waals surface area contributed by atoms with Gasteiger partial charge in [-0.15, -0.1) is 0 Å². The van der Waals surface area contributed by atoms with Crippen LogP contribution in [-0.2, 0) is 44.6 Å². The molecule has 0 bridgehead atoms. The maximum atomic E-state index is 6.40. The number of rotatable bonds is 21. The summed E-state index contributed by atoms with van der Waals surface area (Å²) < 4.78 is 25.6. The number of ether oxygens (including phenoxy) is 4. The molecule has 4 nitrogen and oxygen atoms in total. The van der Waals surface area contributed by atoms with Crippen LogP contribution in [0.3, 0.4) is 0 Å². The molecule has 0 unspecified atom stereocenters. The summed E-state index contributed by atoms with van der Waals surface area (Å²) in [6.07, 6.45) is 8.75. The van der Waals surface area contributed by atoms with E-state index in [9.17, 15) is 0 Å². The lowest BCUT2D eigenvalue weighted by Gasteiger charge is -2.15. The lowest BCUT2D eigenvalue weighted by atomic mass is 9.96. The summed E-state index contributed by atoms with van der Waals surface area (Å²) in [5, 5.41) is 0.730. The highest BCUT2D eigenvalue weighted by Crippen LogP contribution is 2.30. The van der Waals surface area contributed by atoms with Crippen LogP contribution in [-0.4, -0.2) is 0 Å². The zero-order valence-electron chi connectivity index (χ0n) is 35.0. The third kappa shape index (κ3) is 12.6. The first-order valence-corrected chi connectivity index (χ1v) is 21.8. The van der Waals surface area contributed by atoms with E-state index >= 15 is 0 Å². The van der Waals surface area contributed by atoms with Crippen LogP contribution in [0.2, 0.25) is 0 Å². The molecule has 310 valence electrons. The Kier molecular flexibility index (Phi) is 15.1. The fourth-order valence-electron chi connectivity index (χ4n) is 7.06. The first-order valence-electron chi connectivity index (χ1n) is 20.7. The van der Waals surface area contributed by atoms with Gasteiger partial charge in [0.15, 0.2) is 0 Å². The second kappa shape index (κ2) is 21.6. The zero-order chi connectivity index (χ0) is 43.1. The van der Waals surface area contributed by atoms with Gasteiger partial charge in [0, 0.05) is 17.5 Å². The summed E-state index contributed by atoms with van der Waals surface area (Å²) in [7, 11) is 0. The molecule has 0 fully saturated rings. The second-order valence-corrected chi connectivity index (χ2v) is 15.8. The van der Waals surface area contributed by atoms with Gasteiger partial charge in [0.1, 0.15) is 49.4 Å². The molecule has 7 aromatic carbocycles. The van der Waals surface area contributed by atoms with Crippen molar-refractivity contribution in [2.24, 2.45) is 0 Å². The van der Waals surface area contributed by atoms with Gasteiger partial charge in [-0.3, -0.25) is 0 Å². The molecule has 7 aromatic rings. The third-order valence-corrected chi connectivity index (χ3v) is 11.1. The van der Waals surface area contributed by atoms with E-state index in [2.05, 4.69) is 133 Å². The van der Waals surface area contributed by atoms with E-state index in [0.29, 0.717) is 39.3 Å². The summed E-state index contributed by atoms with van der Waals surface area (Å²) >= 11 is 3.75. The highest BCUT2D eigenvalue weighted by atomic mass is 79.9. The molecule has 0 spiro atoms. The molecule has 0 aliphatic heterocycles. The number of hydrogen-bond acceptors (Lipinski definition) is 4. The van der Waals surface area contributed by atoms with E-state index in [4.69, 9.17) is 18.9 Å². The highest BCUT2D eigenvalue weighted by Gasteiger charge is 2.11. The van der Waals surface area contributed by atoms with Crippen LogP contribution in [0.25, 0.3) is 24.3 Å². The first-order chi connectivity index (χ1) is 30.4. The molecule has 0 atom stereocenters. The smallest absolute Gasteiger partial charge is 0.123 e. The minimum absolute atomic E-state index is 0.435. The topological polar surface area (TPSA) is 36.9 Å². The van der Waals surface area contributed by atoms with Crippen molar-refractivity contribution in [2.75, 3.05) is 0 Å². The Morgan fingerprint density at radius 3 is 0.790 bits per heavy atom. The maximum absolute atomic E-state index is 6.40. The maximum Gasteiger partial charge on any atom is 0.123 e. The monoisotopic (exact) mass is 878 g/mol. The summed E-state index contributed by atoms with van der Waals surface area (Å²) in [5.41, 5.74) is 14.4. The average molecular weight is 880 g/mol. The van der Waals surface area contributed by atoms with Gasteiger partial charge in [-0.2, -0.15) is 0 Å². The molecule has 0 aliphatic carbocycles. The fourth-order valence-corrected chi connectivity index (χ4v) is 7.38. The van der Waals surface area contributed by atoms with E-state index in [1.807, 2.05) is 85.0 Å². The molecule has 0 N–H and O–H groups in total. The van der Waals surface area contributed by atoms with E-state index < -0.39 is 0 Å². The SMILES string of the molecule is C=Cc1ccc(COc2cc(Cc3cc(CBr)cc(Cc4cc(OCc5ccc(C=C)cc5)cc(OCc5ccc(C=C)cc5)c4)c3)cc(OCc3ccc(C=C)cc3)c2)cc1. The second-order valence-electron chi connectivity index (χ2n) is 15.2. The van der Waals surface area contributed by atoms with Crippen LogP contribution >= 0.6 is 15.9 Å². The lowest BCUT2D eigenvalue weighted by Crippen LogP contribution is -2.01. The van der Waals surface area contributed by atoms with E-state index in [1.54, 1.807) is 0 Å². The van der Waals surface area contributed by atoms with Crippen molar-refractivity contribution in [2.45, 2.75) is 44.6 Å². The van der Waals surface area contributed by atoms with Crippen LogP contribution < -0.4 is 18.9 Å². The quantitative estimate of drug-likeness (QED) is 0.0674. The minimum atomic E-state index is 0.435. The van der Waals surface area contributed by atoms with Gasteiger partial charge in [-0.05, 0) is 109 Å². The molecule has 7 rings (SSSR count). The normalized spacial score (nSPS) is 10.7.